The van der Waals surface area contributed by atoms with E-state index >= 15 is 0 Å². The number of phenols is 1. The summed E-state index contributed by atoms with van der Waals surface area (Å²) in [5.41, 5.74) is -1.03. The number of hydrogen-bond acceptors (Lipinski definition) is 2. The van der Waals surface area contributed by atoms with Crippen molar-refractivity contribution in [2.24, 2.45) is 4.99 Å². The second-order valence-electron chi connectivity index (χ2n) is 9.15. The molecule has 0 aliphatic heterocycles. The Morgan fingerprint density at radius 1 is 0.565 bits per heavy atom. The number of aliphatic imine (C=N–C) groups is 1. The minimum atomic E-state index is -1.73. The molecule has 236 valence electrons. The summed E-state index contributed by atoms with van der Waals surface area (Å²) in [4.78, 5) is 3.33. The molecule has 0 saturated carbocycles. The molecule has 1 N–H and O–H groups in total. The molecular weight excluding hydrogens is 676 g/mol. The molecule has 9 heteroatoms. The Labute approximate surface area is 281 Å². The molecule has 0 fully saturated rings. The van der Waals surface area contributed by atoms with E-state index < -0.39 is 41.9 Å². The van der Waals surface area contributed by atoms with Crippen LogP contribution < -0.4 is 15.9 Å². The van der Waals surface area contributed by atoms with E-state index in [9.17, 15) is 22.7 Å². The van der Waals surface area contributed by atoms with Crippen LogP contribution in [0.25, 0.3) is 0 Å². The van der Waals surface area contributed by atoms with E-state index in [4.69, 9.17) is 11.6 Å². The van der Waals surface area contributed by atoms with Crippen LogP contribution in [0, 0.1) is 29.3 Å². The molecule has 46 heavy (non-hydrogen) atoms. The number of phenolic OH excluding ortho intramolecular Hbond substituents is 1. The third-order valence-corrected chi connectivity index (χ3v) is 8.88. The maximum atomic E-state index is 13.5. The Hall–Kier alpha value is -4.28. The first-order chi connectivity index (χ1) is 21.9. The number of rotatable bonds is 5. The fraction of sp³-hybridized carbons (Fsp3) is 0. The molecule has 0 aliphatic carbocycles. The van der Waals surface area contributed by atoms with Crippen LogP contribution in [0.2, 0.25) is 5.02 Å². The fourth-order valence-corrected chi connectivity index (χ4v) is 6.43. The van der Waals surface area contributed by atoms with Gasteiger partial charge in [-0.15, -0.1) is 0 Å². The van der Waals surface area contributed by atoms with Gasteiger partial charge in [-0.05, 0) is 36.0 Å². The number of para-hydroxylation sites is 1. The molecule has 6 rings (SSSR count). The molecule has 0 heterocycles. The Bertz CT molecular complexity index is 1670. The number of hydrogen-bond donors (Lipinski definition) is 1. The summed E-state index contributed by atoms with van der Waals surface area (Å²) in [5.74, 6) is -7.07. The average Bonchev–Trinajstić information content (AvgIpc) is 3.10. The van der Waals surface area contributed by atoms with Crippen molar-refractivity contribution in [2.45, 2.75) is 0 Å². The van der Waals surface area contributed by atoms with Crippen molar-refractivity contribution >= 4 is 47.3 Å². The molecule has 0 unspecified atom stereocenters. The van der Waals surface area contributed by atoms with E-state index in [2.05, 4.69) is 102 Å². The zero-order valence-electron chi connectivity index (χ0n) is 24.0. The summed E-state index contributed by atoms with van der Waals surface area (Å²) < 4.78 is 53.3. The van der Waals surface area contributed by atoms with Crippen LogP contribution in [-0.4, -0.2) is 11.3 Å². The molecule has 0 saturated heterocycles. The van der Waals surface area contributed by atoms with E-state index in [1.165, 1.54) is 40.2 Å². The van der Waals surface area contributed by atoms with Crippen LogP contribution in [0.15, 0.2) is 151 Å². The Kier molecular flexibility index (Phi) is 14.7. The fourth-order valence-electron chi connectivity index (χ4n) is 3.96. The molecule has 0 radical (unpaired) electrons. The first kappa shape index (κ1) is 36.2. The molecule has 2 nitrogen and oxygen atoms in total. The summed E-state index contributed by atoms with van der Waals surface area (Å²) in [7, 11) is -0.446. The average molecular weight is 702 g/mol. The molecule has 0 bridgehead atoms. The number of halogens is 5. The first-order valence-corrected chi connectivity index (χ1v) is 15.3. The van der Waals surface area contributed by atoms with Gasteiger partial charge in [0.1, 0.15) is 16.5 Å². The van der Waals surface area contributed by atoms with Crippen molar-refractivity contribution in [1.82, 2.24) is 0 Å². The van der Waals surface area contributed by atoms with Gasteiger partial charge in [0.25, 0.3) is 0 Å². The first-order valence-electron chi connectivity index (χ1n) is 13.6. The van der Waals surface area contributed by atoms with Crippen molar-refractivity contribution < 1.29 is 39.2 Å². The van der Waals surface area contributed by atoms with Gasteiger partial charge in [0.05, 0.1) is 0 Å². The summed E-state index contributed by atoms with van der Waals surface area (Å²) >= 11 is 5.08. The van der Waals surface area contributed by atoms with E-state index in [1.54, 1.807) is 0 Å². The summed E-state index contributed by atoms with van der Waals surface area (Å²) in [5, 5.41) is 12.4. The largest absolute Gasteiger partial charge is 0.507 e. The van der Waals surface area contributed by atoms with Crippen LogP contribution in [-0.2, 0) is 16.5 Å². The van der Waals surface area contributed by atoms with Crippen LogP contribution in [0.5, 0.6) is 5.75 Å². The van der Waals surface area contributed by atoms with E-state index in [0.717, 1.165) is 6.21 Å². The third-order valence-electron chi connectivity index (χ3n) is 6.11. The number of nitrogens with zero attached hydrogens (tertiary/aromatic N) is 1. The smallest absolute Gasteiger partial charge is 0.189 e. The maximum Gasteiger partial charge on any atom is 0.189 e. The van der Waals surface area contributed by atoms with E-state index in [1.807, 2.05) is 30.3 Å². The molecule has 6 aromatic carbocycles. The van der Waals surface area contributed by atoms with Gasteiger partial charge in [-0.3, -0.25) is 0 Å². The van der Waals surface area contributed by atoms with Gasteiger partial charge in [0.15, 0.2) is 23.3 Å². The van der Waals surface area contributed by atoms with Crippen molar-refractivity contribution in [3.8, 4) is 5.75 Å². The van der Waals surface area contributed by atoms with Gasteiger partial charge in [0, 0.05) is 28.3 Å². The predicted octanol–water partition coefficient (Wildman–Crippen LogP) is 9.28. The molecule has 0 atom stereocenters. The van der Waals surface area contributed by atoms with Gasteiger partial charge in [0.2, 0.25) is 0 Å². The normalized spacial score (nSPS) is 10.3. The minimum absolute atomic E-state index is 0. The van der Waals surface area contributed by atoms with Crippen LogP contribution >= 0.6 is 19.5 Å². The van der Waals surface area contributed by atoms with Gasteiger partial charge >= 0.3 is 0 Å². The minimum Gasteiger partial charge on any atom is -0.507 e. The quantitative estimate of drug-likeness (QED) is 0.0363. The SMILES string of the molecule is Oc1ccccc1C=Nc1c(F)c(F)c(Cl)c(F)c1F.[Ni].[c-]1ccccc1.c1ccc(P(c2ccccc2)c2ccccc2)cc1. The number of benzene rings is 6. The topological polar surface area (TPSA) is 32.6 Å². The zero-order valence-corrected chi connectivity index (χ0v) is 26.6. The monoisotopic (exact) mass is 700 g/mol. The zero-order chi connectivity index (χ0) is 32.0. The molecule has 0 aromatic heterocycles. The van der Waals surface area contributed by atoms with Gasteiger partial charge in [-0.2, -0.15) is 36.4 Å². The summed E-state index contributed by atoms with van der Waals surface area (Å²) in [6, 6.07) is 50.6. The summed E-state index contributed by atoms with van der Waals surface area (Å²) in [6.45, 7) is 0. The standard InChI is InChI=1S/C18H15P.C13H6ClF4NO.C6H5.Ni/c1-4-10-16(11-5-1)19(17-12-6-2-7-13-17)18-14-8-3-9-15-18;14-8-9(15)11(17)13(12(18)10(8)16)19-5-6-3-1-2-4-7(6)20;1-2-4-6-5-3-1;/h1-15H;1-5,20H;1-5H;/q;;-1;. The van der Waals surface area contributed by atoms with E-state index in [-0.39, 0.29) is 27.8 Å². The Balaban J connectivity index is 0.000000208. The van der Waals surface area contributed by atoms with Crippen LogP contribution in [0.4, 0.5) is 23.2 Å². The van der Waals surface area contributed by atoms with Crippen molar-refractivity contribution in [2.75, 3.05) is 0 Å². The molecule has 0 spiro atoms. The van der Waals surface area contributed by atoms with Gasteiger partial charge < -0.3 is 5.11 Å². The maximum absolute atomic E-state index is 13.5. The predicted molar refractivity (Wildman–Crippen MR) is 177 cm³/mol. The molecular formula is C37H26ClF4NNiOP-. The molecule has 0 amide bonds. The molecule has 0 aliphatic rings. The Morgan fingerprint density at radius 2 is 0.957 bits per heavy atom. The van der Waals surface area contributed by atoms with Gasteiger partial charge in [-0.1, -0.05) is 115 Å². The molecule has 6 aromatic rings. The Morgan fingerprint density at radius 3 is 1.33 bits per heavy atom. The van der Waals surface area contributed by atoms with Crippen molar-refractivity contribution in [3.05, 3.63) is 186 Å². The van der Waals surface area contributed by atoms with Gasteiger partial charge in [-0.25, -0.2) is 22.6 Å². The van der Waals surface area contributed by atoms with Crippen molar-refractivity contribution in [1.29, 1.82) is 0 Å². The van der Waals surface area contributed by atoms with E-state index in [0.29, 0.717) is 0 Å². The van der Waals surface area contributed by atoms with Crippen LogP contribution in [0.1, 0.15) is 5.56 Å². The van der Waals surface area contributed by atoms with Crippen LogP contribution in [0.3, 0.4) is 0 Å². The second-order valence-corrected chi connectivity index (χ2v) is 11.8. The number of aromatic hydroxyl groups is 1. The summed E-state index contributed by atoms with van der Waals surface area (Å²) in [6.07, 6.45) is 0.879. The second kappa shape index (κ2) is 18.6. The third kappa shape index (κ3) is 9.86. The van der Waals surface area contributed by atoms with Crippen molar-refractivity contribution in [3.63, 3.8) is 0 Å².